The van der Waals surface area contributed by atoms with Crippen LogP contribution in [0.4, 0.5) is 10.1 Å². The third-order valence-corrected chi connectivity index (χ3v) is 4.67. The highest BCUT2D eigenvalue weighted by atomic mass is 19.1. The third-order valence-electron chi connectivity index (χ3n) is 4.67. The van der Waals surface area contributed by atoms with Crippen LogP contribution in [0.15, 0.2) is 53.5 Å². The maximum atomic E-state index is 14.1. The van der Waals surface area contributed by atoms with Crippen LogP contribution >= 0.6 is 0 Å². The largest absolute Gasteiger partial charge is 0.490 e. The number of H-pyrrole nitrogens is 1. The van der Waals surface area contributed by atoms with Gasteiger partial charge in [0, 0.05) is 19.7 Å². The number of nitrogens with zero attached hydrogens (tertiary/aromatic N) is 4. The van der Waals surface area contributed by atoms with E-state index in [9.17, 15) is 14.0 Å². The highest BCUT2D eigenvalue weighted by Gasteiger charge is 2.30. The summed E-state index contributed by atoms with van der Waals surface area (Å²) in [7, 11) is 1.45. The summed E-state index contributed by atoms with van der Waals surface area (Å²) < 4.78 is 19.7. The topological polar surface area (TPSA) is 101 Å². The van der Waals surface area contributed by atoms with E-state index in [1.165, 1.54) is 30.3 Å². The first-order chi connectivity index (χ1) is 14.5. The Morgan fingerprint density at radius 1 is 1.27 bits per heavy atom. The fourth-order valence-electron chi connectivity index (χ4n) is 3.13. The SMILES string of the molecule is CN1C(=O)C(/C=N/C(=O)c2nnc(Cc3ccccc3)[nH]2)COc2cccc(F)c21. The van der Waals surface area contributed by atoms with Crippen molar-refractivity contribution in [1.82, 2.24) is 15.2 Å². The molecule has 3 aromatic rings. The van der Waals surface area contributed by atoms with Crippen LogP contribution in [0.25, 0.3) is 0 Å². The number of nitrogens with one attached hydrogen (secondary N) is 1. The van der Waals surface area contributed by atoms with E-state index in [2.05, 4.69) is 20.2 Å². The van der Waals surface area contributed by atoms with Crippen LogP contribution in [0, 0.1) is 11.7 Å². The van der Waals surface area contributed by atoms with E-state index in [1.54, 1.807) is 6.07 Å². The molecule has 9 heteroatoms. The third kappa shape index (κ3) is 3.95. The molecule has 0 fully saturated rings. The minimum absolute atomic E-state index is 0.0261. The zero-order chi connectivity index (χ0) is 21.1. The number of ether oxygens (including phenoxy) is 1. The molecule has 0 saturated heterocycles. The number of carbonyl (C=O) groups is 2. The van der Waals surface area contributed by atoms with Gasteiger partial charge in [0.15, 0.2) is 5.82 Å². The van der Waals surface area contributed by atoms with Gasteiger partial charge < -0.3 is 14.6 Å². The van der Waals surface area contributed by atoms with Gasteiger partial charge in [0.05, 0.1) is 0 Å². The number of fused-ring (bicyclic) bond motifs is 1. The summed E-state index contributed by atoms with van der Waals surface area (Å²) >= 11 is 0. The van der Waals surface area contributed by atoms with E-state index in [-0.39, 0.29) is 23.9 Å². The summed E-state index contributed by atoms with van der Waals surface area (Å²) in [6.45, 7) is -0.0634. The second kappa shape index (κ2) is 8.24. The molecule has 30 heavy (non-hydrogen) atoms. The second-order valence-electron chi connectivity index (χ2n) is 6.77. The summed E-state index contributed by atoms with van der Waals surface area (Å²) in [4.78, 5) is 32.8. The Morgan fingerprint density at radius 3 is 2.87 bits per heavy atom. The first-order valence-corrected chi connectivity index (χ1v) is 9.26. The minimum Gasteiger partial charge on any atom is -0.490 e. The fourth-order valence-corrected chi connectivity index (χ4v) is 3.13. The van der Waals surface area contributed by atoms with Gasteiger partial charge in [-0.2, -0.15) is 0 Å². The van der Waals surface area contributed by atoms with Crippen LogP contribution in [0.2, 0.25) is 0 Å². The van der Waals surface area contributed by atoms with Gasteiger partial charge in [-0.3, -0.25) is 9.59 Å². The molecule has 1 aliphatic rings. The van der Waals surface area contributed by atoms with Gasteiger partial charge in [0.25, 0.3) is 0 Å². The Labute approximate surface area is 171 Å². The van der Waals surface area contributed by atoms with Crippen LogP contribution in [-0.2, 0) is 11.2 Å². The Hall–Kier alpha value is -3.88. The molecular weight excluding hydrogens is 389 g/mol. The predicted molar refractivity (Wildman–Crippen MR) is 107 cm³/mol. The molecule has 1 aromatic heterocycles. The van der Waals surface area contributed by atoms with Crippen LogP contribution < -0.4 is 9.64 Å². The molecule has 1 atom stereocenters. The van der Waals surface area contributed by atoms with Crippen LogP contribution in [-0.4, -0.2) is 46.9 Å². The van der Waals surface area contributed by atoms with Gasteiger partial charge in [-0.25, -0.2) is 9.38 Å². The Balaban J connectivity index is 1.46. The maximum Gasteiger partial charge on any atom is 0.314 e. The number of hydrogen-bond acceptors (Lipinski definition) is 5. The Morgan fingerprint density at radius 2 is 2.07 bits per heavy atom. The number of para-hydroxylation sites is 1. The number of aromatic nitrogens is 3. The molecule has 0 saturated carbocycles. The minimum atomic E-state index is -0.850. The van der Waals surface area contributed by atoms with Gasteiger partial charge in [0.2, 0.25) is 11.7 Å². The van der Waals surface area contributed by atoms with Crippen LogP contribution in [0.1, 0.15) is 22.0 Å². The molecule has 2 aromatic carbocycles. The number of aliphatic imine (C=N–C) groups is 1. The van der Waals surface area contributed by atoms with Crippen LogP contribution in [0.3, 0.4) is 0 Å². The van der Waals surface area contributed by atoms with Crippen molar-refractivity contribution in [2.45, 2.75) is 6.42 Å². The normalized spacial score (nSPS) is 16.3. The first kappa shape index (κ1) is 19.4. The molecule has 2 amide bonds. The molecule has 152 valence electrons. The molecule has 1 aliphatic heterocycles. The smallest absolute Gasteiger partial charge is 0.314 e. The summed E-state index contributed by atoms with van der Waals surface area (Å²) in [5.74, 6) is -1.75. The van der Waals surface area contributed by atoms with Gasteiger partial charge in [-0.1, -0.05) is 36.4 Å². The van der Waals surface area contributed by atoms with Crippen molar-refractivity contribution in [2.75, 3.05) is 18.6 Å². The summed E-state index contributed by atoms with van der Waals surface area (Å²) in [5.41, 5.74) is 1.08. The summed E-state index contributed by atoms with van der Waals surface area (Å²) in [6, 6.07) is 14.0. The average Bonchev–Trinajstić information content (AvgIpc) is 3.17. The van der Waals surface area contributed by atoms with Crippen molar-refractivity contribution >= 4 is 23.7 Å². The van der Waals surface area contributed by atoms with E-state index in [1.807, 2.05) is 30.3 Å². The lowest BCUT2D eigenvalue weighted by atomic mass is 10.1. The number of aromatic amines is 1. The summed E-state index contributed by atoms with van der Waals surface area (Å²) in [6.07, 6.45) is 1.69. The van der Waals surface area contributed by atoms with Crippen molar-refractivity contribution in [3.63, 3.8) is 0 Å². The number of amides is 2. The monoisotopic (exact) mass is 407 g/mol. The number of hydrogen-bond donors (Lipinski definition) is 1. The second-order valence-corrected chi connectivity index (χ2v) is 6.77. The van der Waals surface area contributed by atoms with Crippen molar-refractivity contribution in [3.05, 3.63) is 71.6 Å². The molecule has 0 bridgehead atoms. The van der Waals surface area contributed by atoms with Gasteiger partial charge in [-0.15, -0.1) is 10.2 Å². The molecule has 8 nitrogen and oxygen atoms in total. The van der Waals surface area contributed by atoms with Crippen molar-refractivity contribution in [2.24, 2.45) is 10.9 Å². The van der Waals surface area contributed by atoms with Gasteiger partial charge >= 0.3 is 5.91 Å². The van der Waals surface area contributed by atoms with E-state index < -0.39 is 23.5 Å². The van der Waals surface area contributed by atoms with Gasteiger partial charge in [0.1, 0.15) is 29.8 Å². The van der Waals surface area contributed by atoms with E-state index in [0.717, 1.165) is 5.56 Å². The van der Waals surface area contributed by atoms with Crippen LogP contribution in [0.5, 0.6) is 5.75 Å². The molecule has 2 heterocycles. The zero-order valence-corrected chi connectivity index (χ0v) is 16.1. The lowest BCUT2D eigenvalue weighted by Gasteiger charge is -2.18. The number of anilines is 1. The number of rotatable bonds is 4. The average molecular weight is 407 g/mol. The summed E-state index contributed by atoms with van der Waals surface area (Å²) in [5, 5.41) is 7.79. The van der Waals surface area contributed by atoms with E-state index in [0.29, 0.717) is 12.2 Å². The molecule has 1 N–H and O–H groups in total. The van der Waals surface area contributed by atoms with E-state index in [4.69, 9.17) is 4.74 Å². The molecule has 0 spiro atoms. The highest BCUT2D eigenvalue weighted by molar-refractivity contribution is 6.07. The maximum absolute atomic E-state index is 14.1. The van der Waals surface area contributed by atoms with Crippen molar-refractivity contribution < 1.29 is 18.7 Å². The Kier molecular flexibility index (Phi) is 5.34. The fraction of sp³-hybridized carbons (Fsp3) is 0.190. The number of halogens is 1. The first-order valence-electron chi connectivity index (χ1n) is 9.26. The molecule has 1 unspecified atom stereocenters. The van der Waals surface area contributed by atoms with Crippen molar-refractivity contribution in [3.8, 4) is 5.75 Å². The quantitative estimate of drug-likeness (QED) is 0.670. The molecule has 4 rings (SSSR count). The Bertz CT molecular complexity index is 1110. The standard InChI is InChI=1S/C21H18FN5O3/c1-27-18-15(22)8-5-9-16(18)30-12-14(21(27)29)11-23-20(28)19-24-17(25-26-19)10-13-6-3-2-4-7-13/h2-9,11,14H,10,12H2,1H3,(H,24,25,26)/b23-11+. The van der Waals surface area contributed by atoms with Crippen molar-refractivity contribution in [1.29, 1.82) is 0 Å². The van der Waals surface area contributed by atoms with E-state index >= 15 is 0 Å². The molecule has 0 aliphatic carbocycles. The molecule has 0 radical (unpaired) electrons. The molecular formula is C21H18FN5O3. The zero-order valence-electron chi connectivity index (χ0n) is 16.1. The van der Waals surface area contributed by atoms with Gasteiger partial charge in [-0.05, 0) is 17.7 Å². The number of benzene rings is 2. The number of carbonyl (C=O) groups excluding carboxylic acids is 2. The highest BCUT2D eigenvalue weighted by Crippen LogP contribution is 2.33. The lowest BCUT2D eigenvalue weighted by molar-refractivity contribution is -0.120. The predicted octanol–water partition coefficient (Wildman–Crippen LogP) is 2.42. The lowest BCUT2D eigenvalue weighted by Crippen LogP contribution is -2.34.